The molecule has 1 N–H and O–H groups in total. The Bertz CT molecular complexity index is 497. The minimum atomic E-state index is -0.379. The van der Waals surface area contributed by atoms with E-state index in [1.54, 1.807) is 11.0 Å². The number of halogens is 1. The summed E-state index contributed by atoms with van der Waals surface area (Å²) in [7, 11) is 0. The fraction of sp³-hybridized carbons (Fsp3) is 0.562. The summed E-state index contributed by atoms with van der Waals surface area (Å²) in [5.41, 5.74) is 1.35. The van der Waals surface area contributed by atoms with Crippen LogP contribution in [0.2, 0.25) is 0 Å². The molecule has 1 fully saturated rings. The molecule has 1 aliphatic heterocycles. The van der Waals surface area contributed by atoms with E-state index in [1.807, 2.05) is 26.8 Å². The van der Waals surface area contributed by atoms with Gasteiger partial charge in [-0.15, -0.1) is 0 Å². The van der Waals surface area contributed by atoms with Gasteiger partial charge in [-0.1, -0.05) is 19.1 Å². The Kier molecular flexibility index (Phi) is 5.17. The Labute approximate surface area is 125 Å². The molecule has 116 valence electrons. The SMILES string of the molecule is CCc1ccc(COC(=O)N2C(C)CNCC2C)c(F)c1. The maximum Gasteiger partial charge on any atom is 0.410 e. The number of hydrogen-bond acceptors (Lipinski definition) is 3. The minimum absolute atomic E-state index is 0.0297. The lowest BCUT2D eigenvalue weighted by molar-refractivity contribution is 0.0558. The van der Waals surface area contributed by atoms with Gasteiger partial charge in [-0.05, 0) is 31.9 Å². The molecular weight excluding hydrogens is 271 g/mol. The summed E-state index contributed by atoms with van der Waals surface area (Å²) in [6, 6.07) is 5.20. The van der Waals surface area contributed by atoms with E-state index in [-0.39, 0.29) is 30.6 Å². The lowest BCUT2D eigenvalue weighted by Gasteiger charge is -2.38. The highest BCUT2D eigenvalue weighted by molar-refractivity contribution is 5.68. The van der Waals surface area contributed by atoms with E-state index in [2.05, 4.69) is 5.32 Å². The zero-order valence-electron chi connectivity index (χ0n) is 12.9. The Morgan fingerprint density at radius 1 is 1.38 bits per heavy atom. The zero-order valence-corrected chi connectivity index (χ0v) is 12.9. The first-order valence-electron chi connectivity index (χ1n) is 7.46. The quantitative estimate of drug-likeness (QED) is 0.932. The first kappa shape index (κ1) is 15.8. The molecule has 2 atom stereocenters. The van der Waals surface area contributed by atoms with E-state index < -0.39 is 0 Å². The standard InChI is InChI=1S/C16H23FN2O2/c1-4-13-5-6-14(15(17)7-13)10-21-16(20)19-11(2)8-18-9-12(19)3/h5-7,11-12,18H,4,8-10H2,1-3H3. The Balaban J connectivity index is 1.97. The van der Waals surface area contributed by atoms with Crippen molar-refractivity contribution in [3.05, 3.63) is 35.1 Å². The number of benzene rings is 1. The molecule has 0 spiro atoms. The third-order valence-corrected chi connectivity index (χ3v) is 3.92. The Morgan fingerprint density at radius 3 is 2.62 bits per heavy atom. The summed E-state index contributed by atoms with van der Waals surface area (Å²) in [6.07, 6.45) is 0.405. The maximum absolute atomic E-state index is 13.9. The maximum atomic E-state index is 13.9. The molecular formula is C16H23FN2O2. The van der Waals surface area contributed by atoms with Crippen molar-refractivity contribution in [2.75, 3.05) is 13.1 Å². The van der Waals surface area contributed by atoms with Gasteiger partial charge in [-0.25, -0.2) is 9.18 Å². The highest BCUT2D eigenvalue weighted by atomic mass is 19.1. The smallest absolute Gasteiger partial charge is 0.410 e. The largest absolute Gasteiger partial charge is 0.444 e. The number of piperazine rings is 1. The van der Waals surface area contributed by atoms with Gasteiger partial charge < -0.3 is 15.0 Å². The fourth-order valence-electron chi connectivity index (χ4n) is 2.63. The molecule has 1 heterocycles. The zero-order chi connectivity index (χ0) is 15.4. The summed E-state index contributed by atoms with van der Waals surface area (Å²) in [5.74, 6) is -0.316. The molecule has 5 heteroatoms. The van der Waals surface area contributed by atoms with Crippen LogP contribution in [0.4, 0.5) is 9.18 Å². The number of carbonyl (C=O) groups is 1. The van der Waals surface area contributed by atoms with E-state index in [0.29, 0.717) is 5.56 Å². The van der Waals surface area contributed by atoms with Gasteiger partial charge in [-0.3, -0.25) is 0 Å². The molecule has 0 radical (unpaired) electrons. The predicted molar refractivity (Wildman–Crippen MR) is 79.6 cm³/mol. The van der Waals surface area contributed by atoms with Gasteiger partial charge in [0.2, 0.25) is 0 Å². The Hall–Kier alpha value is -1.62. The second-order valence-corrected chi connectivity index (χ2v) is 5.60. The van der Waals surface area contributed by atoms with Crippen LogP contribution < -0.4 is 5.32 Å². The number of amides is 1. The normalized spacial score (nSPS) is 22.2. The van der Waals surface area contributed by atoms with Crippen molar-refractivity contribution < 1.29 is 13.9 Å². The van der Waals surface area contributed by atoms with Crippen molar-refractivity contribution in [1.82, 2.24) is 10.2 Å². The molecule has 1 aliphatic rings. The summed E-state index contributed by atoms with van der Waals surface area (Å²) in [6.45, 7) is 7.39. The van der Waals surface area contributed by atoms with Crippen LogP contribution in [-0.2, 0) is 17.8 Å². The van der Waals surface area contributed by atoms with Crippen molar-refractivity contribution in [2.24, 2.45) is 0 Å². The molecule has 0 aliphatic carbocycles. The molecule has 0 aromatic heterocycles. The molecule has 21 heavy (non-hydrogen) atoms. The van der Waals surface area contributed by atoms with Crippen molar-refractivity contribution in [1.29, 1.82) is 0 Å². The highest BCUT2D eigenvalue weighted by Crippen LogP contribution is 2.15. The number of rotatable bonds is 3. The molecule has 0 bridgehead atoms. The topological polar surface area (TPSA) is 41.6 Å². The van der Waals surface area contributed by atoms with Gasteiger partial charge in [-0.2, -0.15) is 0 Å². The van der Waals surface area contributed by atoms with E-state index in [9.17, 15) is 9.18 Å². The van der Waals surface area contributed by atoms with Gasteiger partial charge in [0.1, 0.15) is 12.4 Å². The van der Waals surface area contributed by atoms with Gasteiger partial charge >= 0.3 is 6.09 Å². The first-order chi connectivity index (χ1) is 10.0. The number of nitrogens with one attached hydrogen (secondary N) is 1. The van der Waals surface area contributed by atoms with Crippen LogP contribution in [0.25, 0.3) is 0 Å². The number of ether oxygens (including phenoxy) is 1. The van der Waals surface area contributed by atoms with Crippen LogP contribution in [0.3, 0.4) is 0 Å². The fourth-order valence-corrected chi connectivity index (χ4v) is 2.63. The predicted octanol–water partition coefficient (Wildman–Crippen LogP) is 2.71. The summed E-state index contributed by atoms with van der Waals surface area (Å²) >= 11 is 0. The van der Waals surface area contributed by atoms with Crippen molar-refractivity contribution in [3.8, 4) is 0 Å². The van der Waals surface area contributed by atoms with E-state index in [1.165, 1.54) is 6.07 Å². The van der Waals surface area contributed by atoms with Crippen LogP contribution in [0.5, 0.6) is 0 Å². The molecule has 1 amide bonds. The average Bonchev–Trinajstić information content (AvgIpc) is 2.45. The van der Waals surface area contributed by atoms with Crippen molar-refractivity contribution in [3.63, 3.8) is 0 Å². The van der Waals surface area contributed by atoms with Crippen LogP contribution in [0, 0.1) is 5.82 Å². The van der Waals surface area contributed by atoms with Crippen molar-refractivity contribution >= 4 is 6.09 Å². The van der Waals surface area contributed by atoms with Crippen molar-refractivity contribution in [2.45, 2.75) is 45.9 Å². The third kappa shape index (κ3) is 3.73. The summed E-state index contributed by atoms with van der Waals surface area (Å²) < 4.78 is 19.2. The summed E-state index contributed by atoms with van der Waals surface area (Å²) in [5, 5.41) is 3.26. The molecule has 1 saturated heterocycles. The second-order valence-electron chi connectivity index (χ2n) is 5.60. The molecule has 2 rings (SSSR count). The molecule has 0 saturated carbocycles. The summed E-state index contributed by atoms with van der Waals surface area (Å²) in [4.78, 5) is 13.9. The van der Waals surface area contributed by atoms with Gasteiger partial charge in [0.25, 0.3) is 0 Å². The number of nitrogens with zero attached hydrogens (tertiary/aromatic N) is 1. The third-order valence-electron chi connectivity index (χ3n) is 3.92. The minimum Gasteiger partial charge on any atom is -0.444 e. The van der Waals surface area contributed by atoms with Crippen LogP contribution in [0.15, 0.2) is 18.2 Å². The van der Waals surface area contributed by atoms with Crippen LogP contribution in [0.1, 0.15) is 31.9 Å². The molecule has 4 nitrogen and oxygen atoms in total. The lowest BCUT2D eigenvalue weighted by Crippen LogP contribution is -2.57. The van der Waals surface area contributed by atoms with Crippen LogP contribution >= 0.6 is 0 Å². The molecule has 1 aromatic rings. The van der Waals surface area contributed by atoms with E-state index in [4.69, 9.17) is 4.74 Å². The first-order valence-corrected chi connectivity index (χ1v) is 7.46. The second kappa shape index (κ2) is 6.89. The van der Waals surface area contributed by atoms with E-state index in [0.717, 1.165) is 25.1 Å². The van der Waals surface area contributed by atoms with E-state index >= 15 is 0 Å². The number of hydrogen-bond donors (Lipinski definition) is 1. The molecule has 1 aromatic carbocycles. The van der Waals surface area contributed by atoms with Gasteiger partial charge in [0.05, 0.1) is 0 Å². The lowest BCUT2D eigenvalue weighted by atomic mass is 10.1. The van der Waals surface area contributed by atoms with Gasteiger partial charge in [0.15, 0.2) is 0 Å². The number of aryl methyl sites for hydroxylation is 1. The van der Waals surface area contributed by atoms with Crippen LogP contribution in [-0.4, -0.2) is 36.2 Å². The highest BCUT2D eigenvalue weighted by Gasteiger charge is 2.30. The molecule has 2 unspecified atom stereocenters. The average molecular weight is 294 g/mol. The Morgan fingerprint density at radius 2 is 2.05 bits per heavy atom. The van der Waals surface area contributed by atoms with Gasteiger partial charge in [0, 0.05) is 30.7 Å². The number of carbonyl (C=O) groups excluding carboxylic acids is 1. The monoisotopic (exact) mass is 294 g/mol.